The lowest BCUT2D eigenvalue weighted by atomic mass is 10.3. The fraction of sp³-hybridized carbons (Fsp3) is 0.533. The number of nitrogens with zero attached hydrogens (tertiary/aromatic N) is 3. The lowest BCUT2D eigenvalue weighted by Crippen LogP contribution is -2.24. The molecule has 0 saturated carbocycles. The van der Waals surface area contributed by atoms with Gasteiger partial charge in [-0.2, -0.15) is 0 Å². The van der Waals surface area contributed by atoms with Gasteiger partial charge in [-0.1, -0.05) is 0 Å². The van der Waals surface area contributed by atoms with Gasteiger partial charge >= 0.3 is 0 Å². The van der Waals surface area contributed by atoms with Crippen molar-refractivity contribution in [3.63, 3.8) is 0 Å². The van der Waals surface area contributed by atoms with Gasteiger partial charge in [-0.05, 0) is 45.0 Å². The fourth-order valence-corrected chi connectivity index (χ4v) is 3.07. The van der Waals surface area contributed by atoms with Crippen LogP contribution in [-0.4, -0.2) is 34.1 Å². The van der Waals surface area contributed by atoms with Gasteiger partial charge in [0.2, 0.25) is 0 Å². The van der Waals surface area contributed by atoms with Crippen LogP contribution in [0, 0.1) is 5.82 Å². The van der Waals surface area contributed by atoms with E-state index in [0.29, 0.717) is 5.52 Å². The van der Waals surface area contributed by atoms with Crippen LogP contribution in [0.1, 0.15) is 31.0 Å². The van der Waals surface area contributed by atoms with Crippen LogP contribution in [-0.2, 0) is 6.54 Å². The van der Waals surface area contributed by atoms with Crippen LogP contribution < -0.4 is 0 Å². The summed E-state index contributed by atoms with van der Waals surface area (Å²) in [4.78, 5) is 6.95. The quantitative estimate of drug-likeness (QED) is 0.804. The minimum Gasteiger partial charge on any atom is -0.325 e. The Labute approximate surface area is 123 Å². The van der Waals surface area contributed by atoms with E-state index in [2.05, 4.69) is 14.5 Å². The van der Waals surface area contributed by atoms with Crippen molar-refractivity contribution in [2.24, 2.45) is 0 Å². The summed E-state index contributed by atoms with van der Waals surface area (Å²) in [5.74, 6) is 0.571. The van der Waals surface area contributed by atoms with Crippen molar-refractivity contribution >= 4 is 22.6 Å². The second kappa shape index (κ2) is 5.70. The highest BCUT2D eigenvalue weighted by Crippen LogP contribution is 2.25. The van der Waals surface area contributed by atoms with E-state index >= 15 is 0 Å². The molecule has 5 heteroatoms. The Balaban J connectivity index is 1.91. The molecule has 1 aromatic carbocycles. The zero-order valence-electron chi connectivity index (χ0n) is 11.6. The zero-order chi connectivity index (χ0) is 14.1. The van der Waals surface area contributed by atoms with Gasteiger partial charge in [0, 0.05) is 19.2 Å². The molecule has 1 unspecified atom stereocenters. The van der Waals surface area contributed by atoms with Crippen molar-refractivity contribution in [1.29, 1.82) is 0 Å². The molecule has 3 nitrogen and oxygen atoms in total. The second-order valence-corrected chi connectivity index (χ2v) is 6.07. The van der Waals surface area contributed by atoms with E-state index in [4.69, 9.17) is 11.6 Å². The molecular formula is C15H19ClFN3. The van der Waals surface area contributed by atoms with Crippen molar-refractivity contribution in [2.75, 3.05) is 19.6 Å². The first kappa shape index (κ1) is 13.8. The predicted molar refractivity (Wildman–Crippen MR) is 79.6 cm³/mol. The Kier molecular flexibility index (Phi) is 3.94. The smallest absolute Gasteiger partial charge is 0.127 e. The van der Waals surface area contributed by atoms with E-state index < -0.39 is 0 Å². The highest BCUT2D eigenvalue weighted by atomic mass is 35.5. The number of imidazole rings is 1. The Bertz CT molecular complexity index is 602. The van der Waals surface area contributed by atoms with E-state index in [1.54, 1.807) is 6.07 Å². The van der Waals surface area contributed by atoms with Crippen molar-refractivity contribution in [3.8, 4) is 0 Å². The maximum absolute atomic E-state index is 13.3. The SMILES string of the molecule is CC(Cl)c1nc2cc(F)ccc2n1CCN1CCCC1. The molecule has 1 aromatic heterocycles. The molecule has 1 saturated heterocycles. The van der Waals surface area contributed by atoms with Crippen molar-refractivity contribution in [3.05, 3.63) is 29.8 Å². The first-order valence-corrected chi connectivity index (χ1v) is 7.61. The molecule has 1 aliphatic rings. The Hall–Kier alpha value is -1.13. The summed E-state index contributed by atoms with van der Waals surface area (Å²) in [5.41, 5.74) is 1.65. The summed E-state index contributed by atoms with van der Waals surface area (Å²) < 4.78 is 15.4. The van der Waals surface area contributed by atoms with Gasteiger partial charge in [0.25, 0.3) is 0 Å². The van der Waals surface area contributed by atoms with Gasteiger partial charge in [-0.3, -0.25) is 0 Å². The number of halogens is 2. The Morgan fingerprint density at radius 1 is 1.30 bits per heavy atom. The summed E-state index contributed by atoms with van der Waals surface area (Å²) in [6.45, 7) is 6.11. The van der Waals surface area contributed by atoms with E-state index in [1.165, 1.54) is 38.1 Å². The van der Waals surface area contributed by atoms with Gasteiger partial charge < -0.3 is 9.47 Å². The van der Waals surface area contributed by atoms with Gasteiger partial charge in [0.1, 0.15) is 11.6 Å². The molecule has 108 valence electrons. The monoisotopic (exact) mass is 295 g/mol. The third-order valence-corrected chi connectivity index (χ3v) is 4.13. The molecule has 1 aliphatic heterocycles. The highest BCUT2D eigenvalue weighted by Gasteiger charge is 2.17. The molecule has 0 aliphatic carbocycles. The minimum atomic E-state index is -0.254. The van der Waals surface area contributed by atoms with Crippen LogP contribution >= 0.6 is 11.6 Å². The molecule has 2 aromatic rings. The summed E-state index contributed by atoms with van der Waals surface area (Å²) >= 11 is 6.22. The van der Waals surface area contributed by atoms with Gasteiger partial charge in [-0.15, -0.1) is 11.6 Å². The van der Waals surface area contributed by atoms with E-state index in [0.717, 1.165) is 24.4 Å². The van der Waals surface area contributed by atoms with Gasteiger partial charge in [-0.25, -0.2) is 9.37 Å². The lowest BCUT2D eigenvalue weighted by Gasteiger charge is -2.17. The molecule has 20 heavy (non-hydrogen) atoms. The van der Waals surface area contributed by atoms with Gasteiger partial charge in [0.15, 0.2) is 0 Å². The first-order valence-electron chi connectivity index (χ1n) is 7.17. The van der Waals surface area contributed by atoms with Crippen LogP contribution in [0.2, 0.25) is 0 Å². The third kappa shape index (κ3) is 2.67. The average Bonchev–Trinajstić information content (AvgIpc) is 3.02. The average molecular weight is 296 g/mol. The van der Waals surface area contributed by atoms with Crippen LogP contribution in [0.15, 0.2) is 18.2 Å². The number of fused-ring (bicyclic) bond motifs is 1. The topological polar surface area (TPSA) is 21.1 Å². The zero-order valence-corrected chi connectivity index (χ0v) is 12.4. The molecule has 0 N–H and O–H groups in total. The molecule has 2 heterocycles. The number of rotatable bonds is 4. The molecule has 3 rings (SSSR count). The number of benzene rings is 1. The van der Waals surface area contributed by atoms with E-state index in [1.807, 2.05) is 6.92 Å². The maximum Gasteiger partial charge on any atom is 0.127 e. The number of hydrogen-bond acceptors (Lipinski definition) is 2. The summed E-state index contributed by atoms with van der Waals surface area (Å²) in [5, 5.41) is -0.177. The van der Waals surface area contributed by atoms with Gasteiger partial charge in [0.05, 0.1) is 16.4 Å². The van der Waals surface area contributed by atoms with Crippen LogP contribution in [0.3, 0.4) is 0 Å². The molecule has 0 amide bonds. The lowest BCUT2D eigenvalue weighted by molar-refractivity contribution is 0.322. The first-order chi connectivity index (χ1) is 9.65. The maximum atomic E-state index is 13.3. The number of hydrogen-bond donors (Lipinski definition) is 0. The second-order valence-electron chi connectivity index (χ2n) is 5.42. The number of alkyl halides is 1. The molecule has 0 bridgehead atoms. The largest absolute Gasteiger partial charge is 0.325 e. The predicted octanol–water partition coefficient (Wildman–Crippen LogP) is 3.57. The molecular weight excluding hydrogens is 277 g/mol. The van der Waals surface area contributed by atoms with Crippen LogP contribution in [0.4, 0.5) is 4.39 Å². The fourth-order valence-electron chi connectivity index (χ4n) is 2.91. The highest BCUT2D eigenvalue weighted by molar-refractivity contribution is 6.20. The number of aromatic nitrogens is 2. The molecule has 0 spiro atoms. The minimum absolute atomic E-state index is 0.177. The number of likely N-dealkylation sites (tertiary alicyclic amines) is 1. The Morgan fingerprint density at radius 2 is 2.05 bits per heavy atom. The third-order valence-electron chi connectivity index (χ3n) is 3.93. The van der Waals surface area contributed by atoms with Crippen molar-refractivity contribution in [2.45, 2.75) is 31.7 Å². The summed E-state index contributed by atoms with van der Waals surface area (Å²) in [7, 11) is 0. The summed E-state index contributed by atoms with van der Waals surface area (Å²) in [6, 6.07) is 4.76. The Morgan fingerprint density at radius 3 is 2.75 bits per heavy atom. The van der Waals surface area contributed by atoms with Crippen molar-refractivity contribution in [1.82, 2.24) is 14.5 Å². The van der Waals surface area contributed by atoms with Crippen LogP contribution in [0.5, 0.6) is 0 Å². The molecule has 1 fully saturated rings. The standard InChI is InChI=1S/C15H19ClFN3/c1-11(16)15-18-13-10-12(17)4-5-14(13)20(15)9-8-19-6-2-3-7-19/h4-5,10-11H,2-3,6-9H2,1H3. The van der Waals surface area contributed by atoms with E-state index in [9.17, 15) is 4.39 Å². The van der Waals surface area contributed by atoms with Crippen molar-refractivity contribution < 1.29 is 4.39 Å². The van der Waals surface area contributed by atoms with E-state index in [-0.39, 0.29) is 11.2 Å². The van der Waals surface area contributed by atoms with Crippen LogP contribution in [0.25, 0.3) is 11.0 Å². The summed E-state index contributed by atoms with van der Waals surface area (Å²) in [6.07, 6.45) is 2.57. The molecule has 1 atom stereocenters. The normalized spacial score (nSPS) is 17.9. The molecule has 0 radical (unpaired) electrons.